The molecule has 2 N–H and O–H groups in total. The first-order valence-electron chi connectivity index (χ1n) is 7.53. The van der Waals surface area contributed by atoms with Crippen LogP contribution in [-0.4, -0.2) is 20.2 Å². The standard InChI is InChI=1S/C15H20ClN5/c1-2-10-6-8-11(9-7-10)21-15(18-19-20-21)14-12(16)4-3-5-13(14)17/h3-5,10-11H,2,6-9,17H2,1H3. The zero-order chi connectivity index (χ0) is 14.8. The summed E-state index contributed by atoms with van der Waals surface area (Å²) in [6, 6.07) is 5.82. The first kappa shape index (κ1) is 14.3. The number of aromatic nitrogens is 4. The lowest BCUT2D eigenvalue weighted by Crippen LogP contribution is -2.20. The fourth-order valence-corrected chi connectivity index (χ4v) is 3.44. The highest BCUT2D eigenvalue weighted by Gasteiger charge is 2.26. The van der Waals surface area contributed by atoms with Crippen LogP contribution in [0.5, 0.6) is 0 Å². The molecular weight excluding hydrogens is 286 g/mol. The average molecular weight is 306 g/mol. The van der Waals surface area contributed by atoms with Gasteiger partial charge < -0.3 is 5.73 Å². The maximum atomic E-state index is 6.29. The molecular formula is C15H20ClN5. The highest BCUT2D eigenvalue weighted by atomic mass is 35.5. The zero-order valence-electron chi connectivity index (χ0n) is 12.2. The van der Waals surface area contributed by atoms with Gasteiger partial charge in [0.25, 0.3) is 0 Å². The van der Waals surface area contributed by atoms with Gasteiger partial charge in [0.15, 0.2) is 5.82 Å². The molecule has 3 rings (SSSR count). The van der Waals surface area contributed by atoms with Crippen LogP contribution < -0.4 is 5.73 Å². The lowest BCUT2D eigenvalue weighted by molar-refractivity contribution is 0.255. The summed E-state index contributed by atoms with van der Waals surface area (Å²) in [5.41, 5.74) is 7.41. The quantitative estimate of drug-likeness (QED) is 0.877. The molecule has 1 aliphatic rings. The Bertz CT molecular complexity index is 596. The van der Waals surface area contributed by atoms with Gasteiger partial charge in [-0.15, -0.1) is 5.10 Å². The Morgan fingerprint density at radius 2 is 2.05 bits per heavy atom. The van der Waals surface area contributed by atoms with Crippen LogP contribution in [0.3, 0.4) is 0 Å². The normalized spacial score (nSPS) is 22.4. The lowest BCUT2D eigenvalue weighted by Gasteiger charge is -2.28. The van der Waals surface area contributed by atoms with E-state index in [0.29, 0.717) is 22.6 Å². The third-order valence-electron chi connectivity index (χ3n) is 4.50. The van der Waals surface area contributed by atoms with E-state index in [2.05, 4.69) is 22.4 Å². The number of rotatable bonds is 3. The van der Waals surface area contributed by atoms with E-state index < -0.39 is 0 Å². The van der Waals surface area contributed by atoms with Crippen molar-refractivity contribution in [3.05, 3.63) is 23.2 Å². The van der Waals surface area contributed by atoms with Crippen LogP contribution in [0.4, 0.5) is 5.69 Å². The van der Waals surface area contributed by atoms with Crippen molar-refractivity contribution in [2.45, 2.75) is 45.1 Å². The average Bonchev–Trinajstić information content (AvgIpc) is 2.96. The van der Waals surface area contributed by atoms with E-state index in [1.165, 1.54) is 19.3 Å². The van der Waals surface area contributed by atoms with E-state index in [1.54, 1.807) is 0 Å². The van der Waals surface area contributed by atoms with E-state index in [0.717, 1.165) is 24.3 Å². The molecule has 2 aromatic rings. The number of nitrogen functional groups attached to an aromatic ring is 1. The van der Waals surface area contributed by atoms with Gasteiger partial charge in [-0.25, -0.2) is 4.68 Å². The molecule has 0 spiro atoms. The molecule has 1 saturated carbocycles. The fraction of sp³-hybridized carbons (Fsp3) is 0.533. The number of nitrogens with two attached hydrogens (primary N) is 1. The smallest absolute Gasteiger partial charge is 0.185 e. The summed E-state index contributed by atoms with van der Waals surface area (Å²) in [5.74, 6) is 1.52. The van der Waals surface area contributed by atoms with Gasteiger partial charge in [-0.1, -0.05) is 31.0 Å². The second-order valence-electron chi connectivity index (χ2n) is 5.73. The molecule has 0 atom stereocenters. The number of hydrogen-bond donors (Lipinski definition) is 1. The summed E-state index contributed by atoms with van der Waals surface area (Å²) in [4.78, 5) is 0. The topological polar surface area (TPSA) is 69.6 Å². The van der Waals surface area contributed by atoms with Crippen LogP contribution in [0.25, 0.3) is 11.4 Å². The minimum absolute atomic E-state index is 0.341. The van der Waals surface area contributed by atoms with Crippen molar-refractivity contribution >= 4 is 17.3 Å². The van der Waals surface area contributed by atoms with Gasteiger partial charge in [0.2, 0.25) is 0 Å². The number of hydrogen-bond acceptors (Lipinski definition) is 4. The molecule has 0 unspecified atom stereocenters. The fourth-order valence-electron chi connectivity index (χ4n) is 3.18. The van der Waals surface area contributed by atoms with E-state index in [1.807, 2.05) is 22.9 Å². The van der Waals surface area contributed by atoms with Gasteiger partial charge in [-0.05, 0) is 54.2 Å². The third kappa shape index (κ3) is 2.75. The molecule has 0 bridgehead atoms. The molecule has 1 fully saturated rings. The predicted octanol–water partition coefficient (Wildman–Crippen LogP) is 3.72. The molecule has 1 aromatic carbocycles. The van der Waals surface area contributed by atoms with Crippen LogP contribution in [0.15, 0.2) is 18.2 Å². The molecule has 6 heteroatoms. The first-order chi connectivity index (χ1) is 10.2. The second-order valence-corrected chi connectivity index (χ2v) is 6.14. The van der Waals surface area contributed by atoms with Crippen molar-refractivity contribution < 1.29 is 0 Å². The molecule has 0 aliphatic heterocycles. The van der Waals surface area contributed by atoms with Gasteiger partial charge in [-0.3, -0.25) is 0 Å². The van der Waals surface area contributed by atoms with Gasteiger partial charge in [0.05, 0.1) is 16.6 Å². The summed E-state index contributed by atoms with van der Waals surface area (Å²) < 4.78 is 1.91. The highest BCUT2D eigenvalue weighted by Crippen LogP contribution is 2.37. The Hall–Kier alpha value is -1.62. The molecule has 1 aliphatic carbocycles. The largest absolute Gasteiger partial charge is 0.398 e. The number of halogens is 1. The Morgan fingerprint density at radius 3 is 2.71 bits per heavy atom. The Balaban J connectivity index is 1.92. The van der Waals surface area contributed by atoms with Crippen molar-refractivity contribution in [3.8, 4) is 11.4 Å². The first-order valence-corrected chi connectivity index (χ1v) is 7.90. The molecule has 1 aromatic heterocycles. The molecule has 0 radical (unpaired) electrons. The van der Waals surface area contributed by atoms with Crippen LogP contribution in [0.1, 0.15) is 45.1 Å². The van der Waals surface area contributed by atoms with E-state index in [9.17, 15) is 0 Å². The third-order valence-corrected chi connectivity index (χ3v) is 4.82. The van der Waals surface area contributed by atoms with Crippen molar-refractivity contribution in [1.29, 1.82) is 0 Å². The molecule has 5 nitrogen and oxygen atoms in total. The van der Waals surface area contributed by atoms with Gasteiger partial charge in [-0.2, -0.15) is 0 Å². The van der Waals surface area contributed by atoms with Crippen LogP contribution >= 0.6 is 11.6 Å². The van der Waals surface area contributed by atoms with Gasteiger partial charge in [0.1, 0.15) is 0 Å². The summed E-state index contributed by atoms with van der Waals surface area (Å²) in [6.45, 7) is 2.26. The Kier molecular flexibility index (Phi) is 4.10. The highest BCUT2D eigenvalue weighted by molar-refractivity contribution is 6.33. The molecule has 0 amide bonds. The van der Waals surface area contributed by atoms with Crippen molar-refractivity contribution in [2.24, 2.45) is 5.92 Å². The van der Waals surface area contributed by atoms with Crippen LogP contribution in [0.2, 0.25) is 5.02 Å². The minimum Gasteiger partial charge on any atom is -0.398 e. The zero-order valence-corrected chi connectivity index (χ0v) is 12.9. The lowest BCUT2D eigenvalue weighted by atomic mass is 9.84. The monoisotopic (exact) mass is 305 g/mol. The van der Waals surface area contributed by atoms with E-state index >= 15 is 0 Å². The van der Waals surface area contributed by atoms with Crippen LogP contribution in [0, 0.1) is 5.92 Å². The van der Waals surface area contributed by atoms with Gasteiger partial charge in [0, 0.05) is 5.69 Å². The van der Waals surface area contributed by atoms with Crippen molar-refractivity contribution in [3.63, 3.8) is 0 Å². The summed E-state index contributed by atoms with van der Waals surface area (Å²) in [6.07, 6.45) is 5.95. The molecule has 21 heavy (non-hydrogen) atoms. The summed E-state index contributed by atoms with van der Waals surface area (Å²) >= 11 is 6.29. The van der Waals surface area contributed by atoms with E-state index in [4.69, 9.17) is 17.3 Å². The Labute approximate surface area is 129 Å². The Morgan fingerprint density at radius 1 is 1.29 bits per heavy atom. The molecule has 0 saturated heterocycles. The maximum Gasteiger partial charge on any atom is 0.185 e. The number of benzene rings is 1. The van der Waals surface area contributed by atoms with E-state index in [-0.39, 0.29) is 0 Å². The van der Waals surface area contributed by atoms with Crippen molar-refractivity contribution in [1.82, 2.24) is 20.2 Å². The van der Waals surface area contributed by atoms with Crippen LogP contribution in [-0.2, 0) is 0 Å². The SMILES string of the molecule is CCC1CCC(n2nnnc2-c2c(N)cccc2Cl)CC1. The molecule has 112 valence electrons. The summed E-state index contributed by atoms with van der Waals surface area (Å²) in [7, 11) is 0. The maximum absolute atomic E-state index is 6.29. The van der Waals surface area contributed by atoms with Crippen molar-refractivity contribution in [2.75, 3.05) is 5.73 Å². The minimum atomic E-state index is 0.341. The predicted molar refractivity (Wildman–Crippen MR) is 84.0 cm³/mol. The van der Waals surface area contributed by atoms with Gasteiger partial charge >= 0.3 is 0 Å². The summed E-state index contributed by atoms with van der Waals surface area (Å²) in [5, 5.41) is 12.8. The second kappa shape index (κ2) is 6.02. The number of anilines is 1. The molecule has 1 heterocycles. The number of tetrazole rings is 1. The number of nitrogens with zero attached hydrogens (tertiary/aromatic N) is 4.